The number of aryl methyl sites for hydroxylation is 1. The molecular formula is C25H27N5. The Morgan fingerprint density at radius 1 is 0.733 bits per heavy atom. The van der Waals surface area contributed by atoms with Crippen molar-refractivity contribution < 1.29 is 0 Å². The number of hydrogen-bond acceptors (Lipinski definition) is 3. The minimum atomic E-state index is 0.620. The van der Waals surface area contributed by atoms with Crippen LogP contribution in [-0.2, 0) is 12.8 Å². The van der Waals surface area contributed by atoms with Crippen molar-refractivity contribution in [3.8, 4) is 28.3 Å². The monoisotopic (exact) mass is 397 g/mol. The van der Waals surface area contributed by atoms with E-state index < -0.39 is 0 Å². The molecule has 0 bridgehead atoms. The summed E-state index contributed by atoms with van der Waals surface area (Å²) in [5.74, 6) is 0.620. The Bertz CT molecular complexity index is 1090. The largest absolute Gasteiger partial charge is 0.313 e. The molecule has 2 heterocycles. The van der Waals surface area contributed by atoms with Gasteiger partial charge in [0, 0.05) is 16.9 Å². The Hall–Kier alpha value is -3.21. The third-order valence-electron chi connectivity index (χ3n) is 6.08. The number of nitrogens with one attached hydrogen (secondary N) is 1. The second kappa shape index (κ2) is 8.66. The first-order chi connectivity index (χ1) is 14.9. The van der Waals surface area contributed by atoms with Gasteiger partial charge in [0.05, 0.1) is 5.69 Å². The van der Waals surface area contributed by atoms with Crippen molar-refractivity contribution >= 4 is 0 Å². The molecular weight excluding hydrogens is 370 g/mol. The summed E-state index contributed by atoms with van der Waals surface area (Å²) < 4.78 is 2.41. The lowest BCUT2D eigenvalue weighted by Crippen LogP contribution is -2.07. The van der Waals surface area contributed by atoms with E-state index in [9.17, 15) is 0 Å². The third kappa shape index (κ3) is 3.80. The maximum absolute atomic E-state index is 4.12. The minimum absolute atomic E-state index is 0.620. The molecule has 1 N–H and O–H groups in total. The average molecular weight is 398 g/mol. The lowest BCUT2D eigenvalue weighted by Gasteiger charge is -2.18. The summed E-state index contributed by atoms with van der Waals surface area (Å²) in [6, 6.07) is 21.4. The molecule has 0 unspecified atom stereocenters. The Kier molecular flexibility index (Phi) is 5.42. The van der Waals surface area contributed by atoms with Crippen LogP contribution in [0.5, 0.6) is 0 Å². The zero-order chi connectivity index (χ0) is 20.2. The second-order valence-corrected chi connectivity index (χ2v) is 8.11. The average Bonchev–Trinajstić information content (AvgIpc) is 3.41. The van der Waals surface area contributed by atoms with Crippen molar-refractivity contribution in [2.75, 3.05) is 0 Å². The number of fused-ring (bicyclic) bond motifs is 1. The fraction of sp³-hybridized carbons (Fsp3) is 0.320. The van der Waals surface area contributed by atoms with Gasteiger partial charge in [-0.05, 0) is 60.2 Å². The van der Waals surface area contributed by atoms with Crippen molar-refractivity contribution in [3.05, 3.63) is 71.9 Å². The van der Waals surface area contributed by atoms with Gasteiger partial charge in [0.2, 0.25) is 5.82 Å². The second-order valence-electron chi connectivity index (χ2n) is 8.11. The van der Waals surface area contributed by atoms with Crippen LogP contribution in [0.3, 0.4) is 0 Å². The van der Waals surface area contributed by atoms with Gasteiger partial charge in [0.1, 0.15) is 0 Å². The molecule has 4 aromatic rings. The number of nitrogens with zero attached hydrogens (tertiary/aromatic N) is 4. The molecule has 0 saturated heterocycles. The van der Waals surface area contributed by atoms with Crippen molar-refractivity contribution in [1.82, 2.24) is 25.2 Å². The summed E-state index contributed by atoms with van der Waals surface area (Å²) >= 11 is 0. The van der Waals surface area contributed by atoms with Gasteiger partial charge in [-0.3, -0.25) is 0 Å². The van der Waals surface area contributed by atoms with Crippen LogP contribution >= 0.6 is 0 Å². The maximum Gasteiger partial charge on any atom is 0.204 e. The van der Waals surface area contributed by atoms with E-state index in [0.717, 1.165) is 24.1 Å². The van der Waals surface area contributed by atoms with E-state index in [1.807, 2.05) is 6.07 Å². The number of aromatic amines is 1. The van der Waals surface area contributed by atoms with Gasteiger partial charge in [-0.25, -0.2) is 0 Å². The highest BCUT2D eigenvalue weighted by molar-refractivity contribution is 5.68. The number of benzene rings is 2. The van der Waals surface area contributed by atoms with Gasteiger partial charge >= 0.3 is 0 Å². The highest BCUT2D eigenvalue weighted by atomic mass is 15.5. The third-order valence-corrected chi connectivity index (χ3v) is 6.08. The zero-order valence-electron chi connectivity index (χ0n) is 17.2. The highest BCUT2D eigenvalue weighted by Crippen LogP contribution is 2.34. The Morgan fingerprint density at radius 2 is 1.50 bits per heavy atom. The summed E-state index contributed by atoms with van der Waals surface area (Å²) in [6.07, 6.45) is 10.8. The first-order valence-electron chi connectivity index (χ1n) is 11.0. The van der Waals surface area contributed by atoms with Crippen molar-refractivity contribution in [2.45, 2.75) is 51.4 Å². The quantitative estimate of drug-likeness (QED) is 0.478. The van der Waals surface area contributed by atoms with Crippen LogP contribution in [0.1, 0.15) is 49.8 Å². The van der Waals surface area contributed by atoms with Crippen LogP contribution in [0.4, 0.5) is 0 Å². The van der Waals surface area contributed by atoms with Crippen LogP contribution in [0.25, 0.3) is 28.3 Å². The Labute approximate surface area is 177 Å². The predicted molar refractivity (Wildman–Crippen MR) is 119 cm³/mol. The highest BCUT2D eigenvalue weighted by Gasteiger charge is 2.20. The summed E-state index contributed by atoms with van der Waals surface area (Å²) in [5.41, 5.74) is 7.51. The van der Waals surface area contributed by atoms with Gasteiger partial charge in [-0.1, -0.05) is 68.1 Å². The molecule has 0 atom stereocenters. The lowest BCUT2D eigenvalue weighted by atomic mass is 9.98. The molecule has 2 aromatic carbocycles. The lowest BCUT2D eigenvalue weighted by molar-refractivity contribution is 0.504. The smallest absolute Gasteiger partial charge is 0.204 e. The van der Waals surface area contributed by atoms with Crippen molar-refractivity contribution in [2.24, 2.45) is 0 Å². The van der Waals surface area contributed by atoms with Crippen LogP contribution < -0.4 is 0 Å². The molecule has 2 aliphatic carbocycles. The van der Waals surface area contributed by atoms with Gasteiger partial charge in [0.15, 0.2) is 0 Å². The van der Waals surface area contributed by atoms with Crippen molar-refractivity contribution in [1.29, 1.82) is 0 Å². The molecule has 2 aliphatic rings. The number of rotatable bonds is 3. The van der Waals surface area contributed by atoms with E-state index in [0.29, 0.717) is 5.82 Å². The van der Waals surface area contributed by atoms with Gasteiger partial charge in [-0.15, -0.1) is 10.2 Å². The zero-order valence-corrected chi connectivity index (χ0v) is 17.2. The molecule has 0 amide bonds. The number of H-pyrrole nitrogens is 1. The van der Waals surface area contributed by atoms with E-state index in [4.69, 9.17) is 0 Å². The summed E-state index contributed by atoms with van der Waals surface area (Å²) in [5, 5.41) is 14.5. The molecule has 0 aliphatic heterocycles. The van der Waals surface area contributed by atoms with Gasteiger partial charge < -0.3 is 4.57 Å². The Morgan fingerprint density at radius 3 is 2.23 bits per heavy atom. The SMILES string of the molecule is C1CCC1.c1ccc(-c2cc3c(n2-c2cccc(-c4nn[nH]n4)c2)CCCC3)cc1. The van der Waals surface area contributed by atoms with Gasteiger partial charge in [0.25, 0.3) is 0 Å². The minimum Gasteiger partial charge on any atom is -0.313 e. The first-order valence-corrected chi connectivity index (χ1v) is 11.0. The van der Waals surface area contributed by atoms with Crippen LogP contribution in [0, 0.1) is 0 Å². The van der Waals surface area contributed by atoms with Crippen LogP contribution in [0.2, 0.25) is 0 Å². The molecule has 6 rings (SSSR count). The fourth-order valence-electron chi connectivity index (χ4n) is 4.13. The molecule has 2 aromatic heterocycles. The Balaban J connectivity index is 0.000000434. The number of tetrazole rings is 1. The van der Waals surface area contributed by atoms with Gasteiger partial charge in [-0.2, -0.15) is 5.21 Å². The van der Waals surface area contributed by atoms with E-state index in [-0.39, 0.29) is 0 Å². The molecule has 30 heavy (non-hydrogen) atoms. The molecule has 0 spiro atoms. The topological polar surface area (TPSA) is 59.4 Å². The standard InChI is InChI=1S/C21H19N5.C4H8/c1-2-7-15(8-3-1)20-14-16-9-4-5-12-19(16)26(20)18-11-6-10-17(13-18)21-22-24-25-23-21;1-2-4-3-1/h1-3,6-8,10-11,13-14H,4-5,9,12H2,(H,22,23,24,25);1-4H2. The maximum atomic E-state index is 4.12. The summed E-state index contributed by atoms with van der Waals surface area (Å²) in [4.78, 5) is 0. The summed E-state index contributed by atoms with van der Waals surface area (Å²) in [6.45, 7) is 0. The molecule has 5 nitrogen and oxygen atoms in total. The molecule has 1 saturated carbocycles. The predicted octanol–water partition coefficient (Wildman–Crippen LogP) is 5.76. The van der Waals surface area contributed by atoms with Crippen LogP contribution in [0.15, 0.2) is 60.7 Å². The molecule has 0 radical (unpaired) electrons. The van der Waals surface area contributed by atoms with E-state index in [2.05, 4.69) is 79.8 Å². The summed E-state index contributed by atoms with van der Waals surface area (Å²) in [7, 11) is 0. The molecule has 1 fully saturated rings. The van der Waals surface area contributed by atoms with E-state index in [1.54, 1.807) is 0 Å². The first kappa shape index (κ1) is 18.8. The fourth-order valence-corrected chi connectivity index (χ4v) is 4.13. The molecule has 5 heteroatoms. The van der Waals surface area contributed by atoms with E-state index >= 15 is 0 Å². The number of aromatic nitrogens is 5. The number of hydrogen-bond donors (Lipinski definition) is 1. The normalized spacial score (nSPS) is 14.9. The van der Waals surface area contributed by atoms with Crippen LogP contribution in [-0.4, -0.2) is 25.2 Å². The van der Waals surface area contributed by atoms with Crippen molar-refractivity contribution in [3.63, 3.8) is 0 Å². The van der Waals surface area contributed by atoms with E-state index in [1.165, 1.54) is 61.0 Å². The molecule has 152 valence electrons.